The highest BCUT2D eigenvalue weighted by molar-refractivity contribution is 5.90. The van der Waals surface area contributed by atoms with E-state index in [0.29, 0.717) is 0 Å². The number of nitrogens with one attached hydrogen (secondary N) is 2. The number of carbonyl (C=O) groups is 2. The monoisotopic (exact) mass is 299 g/mol. The molecule has 2 amide bonds. The highest BCUT2D eigenvalue weighted by Gasteiger charge is 2.32. The summed E-state index contributed by atoms with van der Waals surface area (Å²) >= 11 is 0. The van der Waals surface area contributed by atoms with Crippen LogP contribution in [0.15, 0.2) is 30.5 Å². The van der Waals surface area contributed by atoms with Gasteiger partial charge in [0.2, 0.25) is 5.91 Å². The molecule has 7 heteroatoms. The van der Waals surface area contributed by atoms with E-state index in [0.717, 1.165) is 24.2 Å². The number of H-pyrrole nitrogens is 1. The van der Waals surface area contributed by atoms with E-state index in [1.165, 1.54) is 0 Å². The Kier molecular flexibility index (Phi) is 3.86. The summed E-state index contributed by atoms with van der Waals surface area (Å²) in [6.45, 7) is 0. The first kappa shape index (κ1) is 14.2. The Morgan fingerprint density at radius 2 is 2.18 bits per heavy atom. The smallest absolute Gasteiger partial charge is 0.269 e. The molecule has 22 heavy (non-hydrogen) atoms. The van der Waals surface area contributed by atoms with Crippen molar-refractivity contribution in [3.63, 3.8) is 0 Å². The first-order valence-corrected chi connectivity index (χ1v) is 7.16. The molecule has 2 aromatic heterocycles. The maximum absolute atomic E-state index is 11.9. The number of aromatic amines is 1. The van der Waals surface area contributed by atoms with Crippen LogP contribution < -0.4 is 11.1 Å². The third-order valence-electron chi connectivity index (χ3n) is 3.86. The van der Waals surface area contributed by atoms with Crippen LogP contribution in [0.25, 0.3) is 0 Å². The summed E-state index contributed by atoms with van der Waals surface area (Å²) < 4.78 is 0. The van der Waals surface area contributed by atoms with Gasteiger partial charge in [-0.15, -0.1) is 0 Å². The van der Waals surface area contributed by atoms with Crippen molar-refractivity contribution in [1.82, 2.24) is 20.5 Å². The molecule has 1 aliphatic rings. The Balaban J connectivity index is 1.47. The topological polar surface area (TPSA) is 114 Å². The zero-order chi connectivity index (χ0) is 15.5. The summed E-state index contributed by atoms with van der Waals surface area (Å²) in [5.41, 5.74) is 7.07. The van der Waals surface area contributed by atoms with Crippen molar-refractivity contribution in [2.45, 2.75) is 31.2 Å². The van der Waals surface area contributed by atoms with Crippen molar-refractivity contribution in [3.8, 4) is 0 Å². The molecule has 2 aromatic rings. The molecule has 114 valence electrons. The van der Waals surface area contributed by atoms with Crippen molar-refractivity contribution in [2.24, 2.45) is 5.73 Å². The number of hydrogen-bond donors (Lipinski definition) is 3. The number of hydrogen-bond acceptors (Lipinski definition) is 4. The van der Waals surface area contributed by atoms with Crippen molar-refractivity contribution in [3.05, 3.63) is 47.5 Å². The van der Waals surface area contributed by atoms with Crippen LogP contribution >= 0.6 is 0 Å². The van der Waals surface area contributed by atoms with Crippen LogP contribution in [0.3, 0.4) is 0 Å². The molecule has 0 bridgehead atoms. The van der Waals surface area contributed by atoms with Gasteiger partial charge in [-0.3, -0.25) is 19.7 Å². The van der Waals surface area contributed by atoms with E-state index in [1.807, 2.05) is 18.2 Å². The van der Waals surface area contributed by atoms with E-state index in [4.69, 9.17) is 5.73 Å². The number of nitrogens with zero attached hydrogens (tertiary/aromatic N) is 2. The van der Waals surface area contributed by atoms with Gasteiger partial charge in [0.05, 0.1) is 6.42 Å². The molecule has 0 aliphatic heterocycles. The molecule has 4 N–H and O–H groups in total. The zero-order valence-corrected chi connectivity index (χ0v) is 12.0. The fraction of sp³-hybridized carbons (Fsp3) is 0.333. The summed E-state index contributed by atoms with van der Waals surface area (Å²) in [6, 6.07) is 7.35. The lowest BCUT2D eigenvalue weighted by atomic mass is 9.78. The number of pyridine rings is 1. The van der Waals surface area contributed by atoms with Crippen LogP contribution in [0.2, 0.25) is 0 Å². The van der Waals surface area contributed by atoms with Crippen LogP contribution in [0.5, 0.6) is 0 Å². The SMILES string of the molecule is NC(=O)c1cc(C2CC(NC(=O)Cc3ccccn3)C2)[nH]n1. The van der Waals surface area contributed by atoms with Gasteiger partial charge < -0.3 is 11.1 Å². The lowest BCUT2D eigenvalue weighted by molar-refractivity contribution is -0.121. The van der Waals surface area contributed by atoms with Gasteiger partial charge in [0.15, 0.2) is 0 Å². The van der Waals surface area contributed by atoms with E-state index in [2.05, 4.69) is 20.5 Å². The van der Waals surface area contributed by atoms with Crippen molar-refractivity contribution < 1.29 is 9.59 Å². The lowest BCUT2D eigenvalue weighted by Crippen LogP contribution is -2.44. The second-order valence-electron chi connectivity index (χ2n) is 5.50. The maximum atomic E-state index is 11.9. The van der Waals surface area contributed by atoms with E-state index in [9.17, 15) is 9.59 Å². The Morgan fingerprint density at radius 1 is 1.36 bits per heavy atom. The molecule has 7 nitrogen and oxygen atoms in total. The van der Waals surface area contributed by atoms with Gasteiger partial charge in [0, 0.05) is 29.5 Å². The average molecular weight is 299 g/mol. The number of rotatable bonds is 5. The molecule has 0 aromatic carbocycles. The number of carbonyl (C=O) groups excluding carboxylic acids is 2. The van der Waals surface area contributed by atoms with Crippen molar-refractivity contribution >= 4 is 11.8 Å². The Hall–Kier alpha value is -2.70. The Labute approximate surface area is 127 Å². The van der Waals surface area contributed by atoms with E-state index >= 15 is 0 Å². The molecule has 1 aliphatic carbocycles. The first-order chi connectivity index (χ1) is 10.6. The molecule has 0 spiro atoms. The Morgan fingerprint density at radius 3 is 2.82 bits per heavy atom. The lowest BCUT2D eigenvalue weighted by Gasteiger charge is -2.35. The third kappa shape index (κ3) is 3.13. The van der Waals surface area contributed by atoms with Crippen LogP contribution in [-0.4, -0.2) is 33.0 Å². The minimum Gasteiger partial charge on any atom is -0.364 e. The highest BCUT2D eigenvalue weighted by Crippen LogP contribution is 2.36. The van der Waals surface area contributed by atoms with E-state index in [1.54, 1.807) is 12.3 Å². The molecule has 3 rings (SSSR count). The molecule has 0 unspecified atom stereocenters. The van der Waals surface area contributed by atoms with Gasteiger partial charge in [0.25, 0.3) is 5.91 Å². The first-order valence-electron chi connectivity index (χ1n) is 7.16. The fourth-order valence-corrected chi connectivity index (χ4v) is 2.61. The summed E-state index contributed by atoms with van der Waals surface area (Å²) in [7, 11) is 0. The zero-order valence-electron chi connectivity index (χ0n) is 12.0. The minimum atomic E-state index is -0.540. The number of aromatic nitrogens is 3. The average Bonchev–Trinajstić information content (AvgIpc) is 2.93. The number of amides is 2. The summed E-state index contributed by atoms with van der Waals surface area (Å²) in [4.78, 5) is 27.1. The van der Waals surface area contributed by atoms with E-state index in [-0.39, 0.29) is 30.0 Å². The second kappa shape index (κ2) is 5.97. The molecule has 0 atom stereocenters. The van der Waals surface area contributed by atoms with Gasteiger partial charge in [0.1, 0.15) is 5.69 Å². The standard InChI is InChI=1S/C15H17N5O2/c16-15(22)13-8-12(19-20-13)9-5-11(6-9)18-14(21)7-10-3-1-2-4-17-10/h1-4,8-9,11H,5-7H2,(H2,16,22)(H,18,21)(H,19,20). The normalized spacial score (nSPS) is 20.2. The summed E-state index contributed by atoms with van der Waals surface area (Å²) in [6.07, 6.45) is 3.62. The number of nitrogens with two attached hydrogens (primary N) is 1. The minimum absolute atomic E-state index is 0.0235. The predicted octanol–water partition coefficient (Wildman–Crippen LogP) is 0.508. The van der Waals surface area contributed by atoms with Crippen LogP contribution in [0, 0.1) is 0 Å². The highest BCUT2D eigenvalue weighted by atomic mass is 16.2. The third-order valence-corrected chi connectivity index (χ3v) is 3.86. The van der Waals surface area contributed by atoms with Gasteiger partial charge in [-0.2, -0.15) is 5.10 Å². The van der Waals surface area contributed by atoms with Gasteiger partial charge >= 0.3 is 0 Å². The molecular weight excluding hydrogens is 282 g/mol. The largest absolute Gasteiger partial charge is 0.364 e. The maximum Gasteiger partial charge on any atom is 0.269 e. The fourth-order valence-electron chi connectivity index (χ4n) is 2.61. The summed E-state index contributed by atoms with van der Waals surface area (Å²) in [5, 5.41) is 9.68. The van der Waals surface area contributed by atoms with Crippen LogP contribution in [0.4, 0.5) is 0 Å². The molecule has 1 fully saturated rings. The predicted molar refractivity (Wildman–Crippen MR) is 79.0 cm³/mol. The van der Waals surface area contributed by atoms with Gasteiger partial charge in [-0.1, -0.05) is 6.07 Å². The van der Waals surface area contributed by atoms with Crippen LogP contribution in [-0.2, 0) is 11.2 Å². The molecule has 1 saturated carbocycles. The summed E-state index contributed by atoms with van der Waals surface area (Å²) in [5.74, 6) is -0.285. The van der Waals surface area contributed by atoms with Crippen LogP contribution in [0.1, 0.15) is 40.6 Å². The van der Waals surface area contributed by atoms with Crippen molar-refractivity contribution in [1.29, 1.82) is 0 Å². The quantitative estimate of drug-likeness (QED) is 0.746. The van der Waals surface area contributed by atoms with Crippen molar-refractivity contribution in [2.75, 3.05) is 0 Å². The Bertz CT molecular complexity index is 676. The second-order valence-corrected chi connectivity index (χ2v) is 5.50. The van der Waals surface area contributed by atoms with Gasteiger partial charge in [-0.05, 0) is 31.0 Å². The molecular formula is C15H17N5O2. The number of primary amides is 1. The molecule has 2 heterocycles. The molecule has 0 saturated heterocycles. The van der Waals surface area contributed by atoms with E-state index < -0.39 is 5.91 Å². The molecule has 0 radical (unpaired) electrons. The van der Waals surface area contributed by atoms with Gasteiger partial charge in [-0.25, -0.2) is 0 Å².